The highest BCUT2D eigenvalue weighted by Gasteiger charge is 2.22. The second-order valence-electron chi connectivity index (χ2n) is 5.26. The molecule has 20 heavy (non-hydrogen) atoms. The summed E-state index contributed by atoms with van der Waals surface area (Å²) in [7, 11) is 1.68. The fourth-order valence-electron chi connectivity index (χ4n) is 2.69. The first-order chi connectivity index (χ1) is 9.61. The molecule has 1 aliphatic carbocycles. The minimum absolute atomic E-state index is 0.0887. The van der Waals surface area contributed by atoms with Gasteiger partial charge in [-0.2, -0.15) is 0 Å². The molecule has 0 aliphatic heterocycles. The normalized spacial score (nSPS) is 22.3. The van der Waals surface area contributed by atoms with Crippen molar-refractivity contribution in [3.05, 3.63) is 28.3 Å². The first kappa shape index (κ1) is 14.6. The molecule has 0 aromatic heterocycles. The highest BCUT2D eigenvalue weighted by atomic mass is 16.6. The van der Waals surface area contributed by atoms with Crippen molar-refractivity contribution >= 4 is 17.1 Å². The van der Waals surface area contributed by atoms with Crippen molar-refractivity contribution in [2.45, 2.75) is 31.8 Å². The van der Waals surface area contributed by atoms with Gasteiger partial charge in [-0.15, -0.1) is 0 Å². The molecule has 0 unspecified atom stereocenters. The Balaban J connectivity index is 2.04. The molecule has 3 N–H and O–H groups in total. The molecule has 0 saturated heterocycles. The lowest BCUT2D eigenvalue weighted by atomic mass is 9.87. The molecule has 0 amide bonds. The van der Waals surface area contributed by atoms with E-state index in [2.05, 4.69) is 10.6 Å². The summed E-state index contributed by atoms with van der Waals surface area (Å²) in [5, 5.41) is 26.7. The first-order valence-corrected chi connectivity index (χ1v) is 6.99. The van der Waals surface area contributed by atoms with Crippen molar-refractivity contribution in [3.63, 3.8) is 0 Å². The number of rotatable bonds is 5. The number of aliphatic hydroxyl groups is 1. The van der Waals surface area contributed by atoms with Gasteiger partial charge in [0.25, 0.3) is 0 Å². The summed E-state index contributed by atoms with van der Waals surface area (Å²) < 4.78 is 0. The maximum absolute atomic E-state index is 11.2. The number of anilines is 2. The van der Waals surface area contributed by atoms with Crippen LogP contribution in [0.3, 0.4) is 0 Å². The summed E-state index contributed by atoms with van der Waals surface area (Å²) in [5.74, 6) is 0.469. The highest BCUT2D eigenvalue weighted by Crippen LogP contribution is 2.33. The fraction of sp³-hybridized carbons (Fsp3) is 0.571. The minimum Gasteiger partial charge on any atom is -0.393 e. The van der Waals surface area contributed by atoms with Gasteiger partial charge in [0.1, 0.15) is 11.4 Å². The molecule has 0 atom stereocenters. The third-order valence-corrected chi connectivity index (χ3v) is 3.89. The number of hydrogen-bond acceptors (Lipinski definition) is 5. The Labute approximate surface area is 118 Å². The molecule has 1 fully saturated rings. The van der Waals surface area contributed by atoms with Crippen molar-refractivity contribution in [1.82, 2.24) is 0 Å². The number of nitro benzene ring substituents is 1. The van der Waals surface area contributed by atoms with Gasteiger partial charge in [-0.25, -0.2) is 0 Å². The Morgan fingerprint density at radius 3 is 2.55 bits per heavy atom. The highest BCUT2D eigenvalue weighted by molar-refractivity contribution is 5.75. The van der Waals surface area contributed by atoms with Crippen LogP contribution >= 0.6 is 0 Å². The molecule has 6 heteroatoms. The molecule has 2 rings (SSSR count). The smallest absolute Gasteiger partial charge is 0.315 e. The van der Waals surface area contributed by atoms with Gasteiger partial charge >= 0.3 is 5.69 Å². The lowest BCUT2D eigenvalue weighted by Crippen LogP contribution is -2.23. The van der Waals surface area contributed by atoms with Crippen LogP contribution in [0.15, 0.2) is 18.2 Å². The van der Waals surface area contributed by atoms with E-state index in [1.807, 2.05) is 0 Å². The number of hydrogen-bond donors (Lipinski definition) is 3. The Morgan fingerprint density at radius 2 is 1.95 bits per heavy atom. The maximum atomic E-state index is 11.2. The minimum atomic E-state index is -0.362. The molecule has 1 aromatic carbocycles. The molecular formula is C14H21N3O3. The van der Waals surface area contributed by atoms with E-state index in [0.29, 0.717) is 23.8 Å². The zero-order chi connectivity index (χ0) is 14.5. The molecule has 0 bridgehead atoms. The van der Waals surface area contributed by atoms with Crippen LogP contribution in [0.25, 0.3) is 0 Å². The lowest BCUT2D eigenvalue weighted by molar-refractivity contribution is -0.383. The van der Waals surface area contributed by atoms with Crippen molar-refractivity contribution in [3.8, 4) is 0 Å². The van der Waals surface area contributed by atoms with E-state index >= 15 is 0 Å². The molecule has 1 saturated carbocycles. The summed E-state index contributed by atoms with van der Waals surface area (Å²) in [4.78, 5) is 10.8. The summed E-state index contributed by atoms with van der Waals surface area (Å²) in [6.07, 6.45) is 3.41. The predicted octanol–water partition coefficient (Wildman–Crippen LogP) is 2.60. The van der Waals surface area contributed by atoms with Crippen LogP contribution in [0.5, 0.6) is 0 Å². The van der Waals surface area contributed by atoms with Crippen LogP contribution in [0, 0.1) is 16.0 Å². The van der Waals surface area contributed by atoms with Crippen LogP contribution in [0.4, 0.5) is 17.1 Å². The van der Waals surface area contributed by atoms with Crippen molar-refractivity contribution in [1.29, 1.82) is 0 Å². The topological polar surface area (TPSA) is 87.4 Å². The zero-order valence-corrected chi connectivity index (χ0v) is 11.6. The van der Waals surface area contributed by atoms with E-state index in [1.54, 1.807) is 25.2 Å². The number of nitro groups is 1. The fourth-order valence-corrected chi connectivity index (χ4v) is 2.69. The van der Waals surface area contributed by atoms with Crippen LogP contribution in [-0.2, 0) is 0 Å². The Morgan fingerprint density at radius 1 is 1.30 bits per heavy atom. The van der Waals surface area contributed by atoms with Gasteiger partial charge in [0.05, 0.1) is 11.0 Å². The first-order valence-electron chi connectivity index (χ1n) is 6.99. The second-order valence-corrected chi connectivity index (χ2v) is 5.26. The van der Waals surface area contributed by atoms with E-state index < -0.39 is 0 Å². The molecule has 6 nitrogen and oxygen atoms in total. The standard InChI is InChI=1S/C14H21N3O3/c1-15-12-3-2-4-13(14(12)17(19)20)16-9-10-5-7-11(18)8-6-10/h2-4,10-11,15-16,18H,5-9H2,1H3. The largest absolute Gasteiger partial charge is 0.393 e. The molecule has 0 spiro atoms. The quantitative estimate of drug-likeness (QED) is 0.569. The molecule has 0 heterocycles. The van der Waals surface area contributed by atoms with Crippen LogP contribution < -0.4 is 10.6 Å². The average Bonchev–Trinajstić information content (AvgIpc) is 2.46. The Bertz CT molecular complexity index is 471. The number of benzene rings is 1. The van der Waals surface area contributed by atoms with E-state index in [0.717, 1.165) is 25.7 Å². The second kappa shape index (κ2) is 6.56. The van der Waals surface area contributed by atoms with Gasteiger partial charge in [0, 0.05) is 13.6 Å². The van der Waals surface area contributed by atoms with Crippen LogP contribution in [-0.4, -0.2) is 29.7 Å². The van der Waals surface area contributed by atoms with E-state index in [-0.39, 0.29) is 16.7 Å². The molecule has 1 aliphatic rings. The van der Waals surface area contributed by atoms with Gasteiger partial charge in [-0.1, -0.05) is 6.07 Å². The van der Waals surface area contributed by atoms with Crippen molar-refractivity contribution < 1.29 is 10.0 Å². The van der Waals surface area contributed by atoms with Crippen molar-refractivity contribution in [2.75, 3.05) is 24.2 Å². The van der Waals surface area contributed by atoms with Gasteiger partial charge in [-0.3, -0.25) is 10.1 Å². The summed E-state index contributed by atoms with van der Waals surface area (Å²) in [5.41, 5.74) is 1.15. The summed E-state index contributed by atoms with van der Waals surface area (Å²) >= 11 is 0. The van der Waals surface area contributed by atoms with Crippen molar-refractivity contribution in [2.24, 2.45) is 5.92 Å². The summed E-state index contributed by atoms with van der Waals surface area (Å²) in [6, 6.07) is 5.22. The third-order valence-electron chi connectivity index (χ3n) is 3.89. The number of para-hydroxylation sites is 1. The monoisotopic (exact) mass is 279 g/mol. The predicted molar refractivity (Wildman–Crippen MR) is 79.1 cm³/mol. The molecule has 0 radical (unpaired) electrons. The van der Waals surface area contributed by atoms with Gasteiger partial charge < -0.3 is 15.7 Å². The SMILES string of the molecule is CNc1cccc(NCC2CCC(O)CC2)c1[N+](=O)[O-]. The molecule has 110 valence electrons. The van der Waals surface area contributed by atoms with Crippen LogP contribution in [0.2, 0.25) is 0 Å². The maximum Gasteiger partial charge on any atom is 0.315 e. The lowest BCUT2D eigenvalue weighted by Gasteiger charge is -2.25. The zero-order valence-electron chi connectivity index (χ0n) is 11.6. The van der Waals surface area contributed by atoms with E-state index in [1.165, 1.54) is 0 Å². The van der Waals surface area contributed by atoms with Gasteiger partial charge in [0.2, 0.25) is 0 Å². The third kappa shape index (κ3) is 3.39. The van der Waals surface area contributed by atoms with E-state index in [9.17, 15) is 15.2 Å². The number of aliphatic hydroxyl groups excluding tert-OH is 1. The molecular weight excluding hydrogens is 258 g/mol. The average molecular weight is 279 g/mol. The van der Waals surface area contributed by atoms with E-state index in [4.69, 9.17) is 0 Å². The van der Waals surface area contributed by atoms with Crippen LogP contribution in [0.1, 0.15) is 25.7 Å². The Kier molecular flexibility index (Phi) is 4.79. The molecule has 1 aromatic rings. The summed E-state index contributed by atoms with van der Waals surface area (Å²) in [6.45, 7) is 0.709. The van der Waals surface area contributed by atoms with Gasteiger partial charge in [0.15, 0.2) is 0 Å². The Hall–Kier alpha value is -1.82. The van der Waals surface area contributed by atoms with Gasteiger partial charge in [-0.05, 0) is 43.7 Å². The number of nitrogens with zero attached hydrogens (tertiary/aromatic N) is 1. The number of nitrogens with one attached hydrogen (secondary N) is 2.